The molecule has 4 rings (SSSR count). The predicted octanol–water partition coefficient (Wildman–Crippen LogP) is 3.95. The van der Waals surface area contributed by atoms with Gasteiger partial charge in [-0.3, -0.25) is 14.3 Å². The van der Waals surface area contributed by atoms with Crippen LogP contribution in [0.3, 0.4) is 0 Å². The van der Waals surface area contributed by atoms with E-state index < -0.39 is 29.4 Å². The Morgan fingerprint density at radius 1 is 1.06 bits per heavy atom. The average molecular weight is 432 g/mol. The molecular weight excluding hydrogens is 416 g/mol. The monoisotopic (exact) mass is 432 g/mol. The van der Waals surface area contributed by atoms with Crippen molar-refractivity contribution in [3.05, 3.63) is 82.9 Å². The van der Waals surface area contributed by atoms with E-state index in [-0.39, 0.29) is 36.6 Å². The van der Waals surface area contributed by atoms with E-state index in [1.54, 1.807) is 0 Å². The molecule has 0 saturated heterocycles. The molecule has 0 spiro atoms. The van der Waals surface area contributed by atoms with E-state index in [1.807, 2.05) is 0 Å². The molecule has 160 valence electrons. The van der Waals surface area contributed by atoms with Crippen LogP contribution in [0.2, 0.25) is 0 Å². The van der Waals surface area contributed by atoms with Crippen LogP contribution in [0.4, 0.5) is 23.2 Å². The molecule has 0 fully saturated rings. The molecule has 6 nitrogen and oxygen atoms in total. The number of rotatable bonds is 4. The highest BCUT2D eigenvalue weighted by molar-refractivity contribution is 6.04. The zero-order valence-electron chi connectivity index (χ0n) is 16.0. The van der Waals surface area contributed by atoms with Crippen molar-refractivity contribution in [3.8, 4) is 0 Å². The largest absolute Gasteiger partial charge is 0.416 e. The summed E-state index contributed by atoms with van der Waals surface area (Å²) in [6, 6.07) is 11.5. The summed E-state index contributed by atoms with van der Waals surface area (Å²) in [5, 5.41) is 6.67. The number of aromatic nitrogens is 2. The zero-order valence-corrected chi connectivity index (χ0v) is 16.0. The van der Waals surface area contributed by atoms with E-state index in [2.05, 4.69) is 10.4 Å². The Labute approximate surface area is 174 Å². The van der Waals surface area contributed by atoms with E-state index in [4.69, 9.17) is 0 Å². The SMILES string of the molecule is O=C(Nc1ccc(F)cc1)c1cc2n(n1)CCN(Cc1ccccc1C(F)(F)F)C2=O. The smallest absolute Gasteiger partial charge is 0.331 e. The van der Waals surface area contributed by atoms with E-state index >= 15 is 0 Å². The summed E-state index contributed by atoms with van der Waals surface area (Å²) in [4.78, 5) is 26.5. The van der Waals surface area contributed by atoms with Crippen LogP contribution in [0.5, 0.6) is 0 Å². The Kier molecular flexibility index (Phi) is 5.22. The third-order valence-electron chi connectivity index (χ3n) is 4.89. The van der Waals surface area contributed by atoms with Crippen LogP contribution in [0.1, 0.15) is 32.1 Å². The van der Waals surface area contributed by atoms with Crippen molar-refractivity contribution in [1.29, 1.82) is 0 Å². The highest BCUT2D eigenvalue weighted by atomic mass is 19.4. The standard InChI is InChI=1S/C21H16F4N4O2/c22-14-5-7-15(8-6-14)26-19(30)17-11-18-20(31)28(9-10-29(18)27-17)12-13-3-1-2-4-16(13)21(23,24)25/h1-8,11H,9-10,12H2,(H,26,30). The van der Waals surface area contributed by atoms with Crippen molar-refractivity contribution in [1.82, 2.24) is 14.7 Å². The van der Waals surface area contributed by atoms with Crippen LogP contribution in [-0.4, -0.2) is 33.0 Å². The lowest BCUT2D eigenvalue weighted by Crippen LogP contribution is -2.40. The van der Waals surface area contributed by atoms with Gasteiger partial charge in [-0.25, -0.2) is 4.39 Å². The maximum absolute atomic E-state index is 13.2. The lowest BCUT2D eigenvalue weighted by atomic mass is 10.1. The first-order chi connectivity index (χ1) is 14.7. The number of fused-ring (bicyclic) bond motifs is 1. The highest BCUT2D eigenvalue weighted by Crippen LogP contribution is 2.32. The minimum absolute atomic E-state index is 0.00871. The molecule has 2 amide bonds. The lowest BCUT2D eigenvalue weighted by Gasteiger charge is -2.28. The first-order valence-electron chi connectivity index (χ1n) is 9.31. The van der Waals surface area contributed by atoms with Gasteiger partial charge in [-0.05, 0) is 35.9 Å². The zero-order chi connectivity index (χ0) is 22.2. The van der Waals surface area contributed by atoms with E-state index in [1.165, 1.54) is 58.1 Å². The Balaban J connectivity index is 1.52. The van der Waals surface area contributed by atoms with Gasteiger partial charge >= 0.3 is 6.18 Å². The summed E-state index contributed by atoms with van der Waals surface area (Å²) in [6.45, 7) is 0.175. The molecule has 3 aromatic rings. The van der Waals surface area contributed by atoms with Crippen LogP contribution in [-0.2, 0) is 19.3 Å². The number of amides is 2. The topological polar surface area (TPSA) is 67.2 Å². The van der Waals surface area contributed by atoms with Crippen LogP contribution < -0.4 is 5.32 Å². The summed E-state index contributed by atoms with van der Waals surface area (Å²) in [7, 11) is 0. The van der Waals surface area contributed by atoms with Crippen molar-refractivity contribution in [2.75, 3.05) is 11.9 Å². The van der Waals surface area contributed by atoms with Gasteiger partial charge in [-0.2, -0.15) is 18.3 Å². The maximum Gasteiger partial charge on any atom is 0.416 e. The Bertz CT molecular complexity index is 1140. The Morgan fingerprint density at radius 3 is 2.48 bits per heavy atom. The molecule has 10 heteroatoms. The molecule has 0 aliphatic carbocycles. The molecule has 0 radical (unpaired) electrons. The number of carbonyl (C=O) groups is 2. The van der Waals surface area contributed by atoms with Gasteiger partial charge in [0.25, 0.3) is 11.8 Å². The molecule has 1 aromatic heterocycles. The third-order valence-corrected chi connectivity index (χ3v) is 4.89. The third kappa shape index (κ3) is 4.27. The summed E-state index contributed by atoms with van der Waals surface area (Å²) in [5.41, 5.74) is -0.355. The molecular formula is C21H16F4N4O2. The van der Waals surface area contributed by atoms with E-state index in [0.717, 1.165) is 6.07 Å². The van der Waals surface area contributed by atoms with Crippen LogP contribution in [0, 0.1) is 5.82 Å². The van der Waals surface area contributed by atoms with Crippen LogP contribution in [0.15, 0.2) is 54.6 Å². The predicted molar refractivity (Wildman–Crippen MR) is 103 cm³/mol. The number of anilines is 1. The molecule has 31 heavy (non-hydrogen) atoms. The van der Waals surface area contributed by atoms with Crippen LogP contribution >= 0.6 is 0 Å². The molecule has 1 aliphatic heterocycles. The highest BCUT2D eigenvalue weighted by Gasteiger charge is 2.35. The molecule has 2 aromatic carbocycles. The van der Waals surface area contributed by atoms with Gasteiger partial charge in [0.2, 0.25) is 0 Å². The van der Waals surface area contributed by atoms with Gasteiger partial charge in [0.15, 0.2) is 5.69 Å². The molecule has 1 aliphatic rings. The Morgan fingerprint density at radius 2 is 1.77 bits per heavy atom. The molecule has 1 N–H and O–H groups in total. The number of nitrogens with zero attached hydrogens (tertiary/aromatic N) is 3. The van der Waals surface area contributed by atoms with Gasteiger partial charge in [-0.1, -0.05) is 18.2 Å². The molecule has 2 heterocycles. The Hall–Kier alpha value is -3.69. The van der Waals surface area contributed by atoms with Crippen LogP contribution in [0.25, 0.3) is 0 Å². The minimum Gasteiger partial charge on any atom is -0.331 e. The fourth-order valence-corrected chi connectivity index (χ4v) is 3.37. The van der Waals surface area contributed by atoms with Crippen molar-refractivity contribution in [2.45, 2.75) is 19.3 Å². The first kappa shape index (κ1) is 20.6. The number of benzene rings is 2. The summed E-state index contributed by atoms with van der Waals surface area (Å²) in [5.74, 6) is -1.56. The number of nitrogens with one attached hydrogen (secondary N) is 1. The lowest BCUT2D eigenvalue weighted by molar-refractivity contribution is -0.138. The van der Waals surface area contributed by atoms with Crippen molar-refractivity contribution in [2.24, 2.45) is 0 Å². The van der Waals surface area contributed by atoms with E-state index in [0.29, 0.717) is 5.69 Å². The second kappa shape index (κ2) is 7.86. The van der Waals surface area contributed by atoms with Crippen molar-refractivity contribution in [3.63, 3.8) is 0 Å². The fraction of sp³-hybridized carbons (Fsp3) is 0.190. The fourth-order valence-electron chi connectivity index (χ4n) is 3.37. The summed E-state index contributed by atoms with van der Waals surface area (Å²) in [6.07, 6.45) is -4.52. The second-order valence-electron chi connectivity index (χ2n) is 6.98. The summed E-state index contributed by atoms with van der Waals surface area (Å²) >= 11 is 0. The quantitative estimate of drug-likeness (QED) is 0.635. The normalized spacial score (nSPS) is 13.8. The van der Waals surface area contributed by atoms with Gasteiger partial charge in [0.1, 0.15) is 11.5 Å². The maximum atomic E-state index is 13.2. The average Bonchev–Trinajstić information content (AvgIpc) is 3.17. The number of alkyl halides is 3. The molecule has 0 atom stereocenters. The molecule has 0 bridgehead atoms. The molecule has 0 unspecified atom stereocenters. The number of carbonyl (C=O) groups excluding carboxylic acids is 2. The van der Waals surface area contributed by atoms with Gasteiger partial charge in [-0.15, -0.1) is 0 Å². The number of halogens is 4. The van der Waals surface area contributed by atoms with Crippen molar-refractivity contribution < 1.29 is 27.2 Å². The number of hydrogen-bond acceptors (Lipinski definition) is 3. The first-order valence-corrected chi connectivity index (χ1v) is 9.31. The van der Waals surface area contributed by atoms with Crippen molar-refractivity contribution >= 4 is 17.5 Å². The summed E-state index contributed by atoms with van der Waals surface area (Å²) < 4.78 is 54.1. The second-order valence-corrected chi connectivity index (χ2v) is 6.98. The number of hydrogen-bond donors (Lipinski definition) is 1. The molecule has 0 saturated carbocycles. The van der Waals surface area contributed by atoms with Gasteiger partial charge in [0.05, 0.1) is 12.1 Å². The van der Waals surface area contributed by atoms with E-state index in [9.17, 15) is 27.2 Å². The minimum atomic E-state index is -4.52. The van der Waals surface area contributed by atoms with Gasteiger partial charge in [0, 0.05) is 24.8 Å². The van der Waals surface area contributed by atoms with Gasteiger partial charge < -0.3 is 10.2 Å².